The number of hydrogen-bond acceptors (Lipinski definition) is 0. The summed E-state index contributed by atoms with van der Waals surface area (Å²) in [5, 5.41) is 12.6. The molecule has 0 N–H and O–H groups in total. The minimum atomic E-state index is -0.0482. The van der Waals surface area contributed by atoms with Crippen LogP contribution >= 0.6 is 0 Å². The van der Waals surface area contributed by atoms with E-state index in [9.17, 15) is 0 Å². The quantitative estimate of drug-likeness (QED) is 0.157. The van der Waals surface area contributed by atoms with Crippen LogP contribution in [0.3, 0.4) is 0 Å². The normalized spacial score (nSPS) is 13.1. The highest BCUT2D eigenvalue weighted by Crippen LogP contribution is 2.51. The lowest BCUT2D eigenvalue weighted by Crippen LogP contribution is -2.14. The van der Waals surface area contributed by atoms with Crippen molar-refractivity contribution in [1.82, 2.24) is 0 Å². The molecule has 12 rings (SSSR count). The summed E-state index contributed by atoms with van der Waals surface area (Å²) in [5.74, 6) is 0. The Labute approximate surface area is 344 Å². The molecule has 0 amide bonds. The molecule has 1 aliphatic carbocycles. The van der Waals surface area contributed by atoms with Gasteiger partial charge in [0.05, 0.1) is 0 Å². The van der Waals surface area contributed by atoms with Gasteiger partial charge in [0.25, 0.3) is 0 Å². The van der Waals surface area contributed by atoms with E-state index < -0.39 is 0 Å². The Hall–Kier alpha value is -7.28. The van der Waals surface area contributed by atoms with E-state index in [4.69, 9.17) is 0 Å². The molecule has 0 heteroatoms. The van der Waals surface area contributed by atoms with Crippen LogP contribution in [0.2, 0.25) is 0 Å². The van der Waals surface area contributed by atoms with Gasteiger partial charge in [0, 0.05) is 5.41 Å². The van der Waals surface area contributed by atoms with E-state index in [0.717, 1.165) is 0 Å². The van der Waals surface area contributed by atoms with Crippen molar-refractivity contribution in [3.8, 4) is 55.6 Å². The Morgan fingerprint density at radius 3 is 1.56 bits per heavy atom. The summed E-state index contributed by atoms with van der Waals surface area (Å²) in [5.41, 5.74) is 15.4. The first kappa shape index (κ1) is 33.8. The maximum atomic E-state index is 2.47. The lowest BCUT2D eigenvalue weighted by molar-refractivity contribution is 0.660. The first-order valence-corrected chi connectivity index (χ1v) is 20.7. The first-order valence-electron chi connectivity index (χ1n) is 20.7. The van der Waals surface area contributed by atoms with Crippen LogP contribution in [-0.4, -0.2) is 0 Å². The SMILES string of the molecule is CC1(C)c2ccccc2-c2cc(-c3c4ccccc4c(-c4ccc5cc(-c6cccc7ccccc67)ccc5c4)c4ccc(-c5ccc6ccccc6c5)cc34)ccc21. The Bertz CT molecular complexity index is 3520. The van der Waals surface area contributed by atoms with Crippen molar-refractivity contribution >= 4 is 53.9 Å². The molecule has 0 atom stereocenters. The van der Waals surface area contributed by atoms with Crippen LogP contribution in [0.4, 0.5) is 0 Å². The molecule has 0 radical (unpaired) electrons. The molecule has 0 heterocycles. The highest BCUT2D eigenvalue weighted by Gasteiger charge is 2.35. The van der Waals surface area contributed by atoms with E-state index in [1.165, 1.54) is 121 Å². The Morgan fingerprint density at radius 1 is 0.254 bits per heavy atom. The number of rotatable bonds is 4. The molecule has 0 saturated carbocycles. The minimum Gasteiger partial charge on any atom is -0.0619 e. The smallest absolute Gasteiger partial charge is 0.0158 e. The molecular formula is C59H40. The molecule has 0 saturated heterocycles. The van der Waals surface area contributed by atoms with Crippen LogP contribution in [-0.2, 0) is 5.41 Å². The highest BCUT2D eigenvalue weighted by atomic mass is 14.4. The van der Waals surface area contributed by atoms with Gasteiger partial charge in [0.2, 0.25) is 0 Å². The second kappa shape index (κ2) is 12.9. The first-order chi connectivity index (χ1) is 29.0. The van der Waals surface area contributed by atoms with Gasteiger partial charge in [-0.3, -0.25) is 0 Å². The second-order valence-corrected chi connectivity index (χ2v) is 16.9. The van der Waals surface area contributed by atoms with Crippen LogP contribution < -0.4 is 0 Å². The zero-order chi connectivity index (χ0) is 39.2. The summed E-state index contributed by atoms with van der Waals surface area (Å²) in [4.78, 5) is 0. The Balaban J connectivity index is 1.10. The molecular weight excluding hydrogens is 709 g/mol. The fourth-order valence-corrected chi connectivity index (χ4v) is 10.3. The van der Waals surface area contributed by atoms with Gasteiger partial charge >= 0.3 is 0 Å². The molecule has 0 spiro atoms. The maximum Gasteiger partial charge on any atom is 0.0158 e. The van der Waals surface area contributed by atoms with Gasteiger partial charge < -0.3 is 0 Å². The fraction of sp³-hybridized carbons (Fsp3) is 0.0508. The molecule has 11 aromatic rings. The van der Waals surface area contributed by atoms with Gasteiger partial charge in [0.15, 0.2) is 0 Å². The predicted molar refractivity (Wildman–Crippen MR) is 253 cm³/mol. The van der Waals surface area contributed by atoms with Crippen molar-refractivity contribution in [3.63, 3.8) is 0 Å². The van der Waals surface area contributed by atoms with Gasteiger partial charge in [-0.25, -0.2) is 0 Å². The van der Waals surface area contributed by atoms with E-state index >= 15 is 0 Å². The molecule has 0 bridgehead atoms. The van der Waals surface area contributed by atoms with Crippen LogP contribution in [0.1, 0.15) is 25.0 Å². The number of fused-ring (bicyclic) bond motifs is 8. The number of hydrogen-bond donors (Lipinski definition) is 0. The molecule has 276 valence electrons. The zero-order valence-corrected chi connectivity index (χ0v) is 33.1. The van der Waals surface area contributed by atoms with Crippen molar-refractivity contribution in [2.45, 2.75) is 19.3 Å². The van der Waals surface area contributed by atoms with E-state index in [1.807, 2.05) is 0 Å². The summed E-state index contributed by atoms with van der Waals surface area (Å²) < 4.78 is 0. The molecule has 0 aliphatic heterocycles. The van der Waals surface area contributed by atoms with E-state index in [2.05, 4.69) is 220 Å². The van der Waals surface area contributed by atoms with Crippen LogP contribution in [0.15, 0.2) is 206 Å². The standard InChI is InChI=1S/C59H40/c1-59(2)55-21-10-9-17-49(55)53-36-46(29-31-56(53)59)58-51-19-8-7-18-50(51)57(52-30-28-43(35-54(52)58)40-23-22-37-12-3-4-14-39(37)32-40)45-27-25-41-33-44(26-24-42(41)34-45)48-20-11-15-38-13-5-6-16-47(38)48/h3-36H,1-2H3. The molecule has 1 aliphatic rings. The Kier molecular flexibility index (Phi) is 7.38. The lowest BCUT2D eigenvalue weighted by Gasteiger charge is -2.22. The van der Waals surface area contributed by atoms with E-state index in [-0.39, 0.29) is 5.41 Å². The monoisotopic (exact) mass is 748 g/mol. The molecule has 0 nitrogen and oxygen atoms in total. The minimum absolute atomic E-state index is 0.0482. The van der Waals surface area contributed by atoms with Crippen LogP contribution in [0.5, 0.6) is 0 Å². The average Bonchev–Trinajstić information content (AvgIpc) is 3.52. The van der Waals surface area contributed by atoms with Crippen LogP contribution in [0, 0.1) is 0 Å². The van der Waals surface area contributed by atoms with Gasteiger partial charge in [-0.05, 0) is 151 Å². The van der Waals surface area contributed by atoms with Gasteiger partial charge in [0.1, 0.15) is 0 Å². The fourth-order valence-electron chi connectivity index (χ4n) is 10.3. The predicted octanol–water partition coefficient (Wildman–Crippen LogP) is 16.4. The highest BCUT2D eigenvalue weighted by molar-refractivity contribution is 6.22. The van der Waals surface area contributed by atoms with Crippen LogP contribution in [0.25, 0.3) is 109 Å². The lowest BCUT2D eigenvalue weighted by atomic mass is 9.81. The zero-order valence-electron chi connectivity index (χ0n) is 33.1. The molecule has 11 aromatic carbocycles. The number of benzene rings is 11. The van der Waals surface area contributed by atoms with E-state index in [1.54, 1.807) is 0 Å². The maximum absolute atomic E-state index is 2.47. The van der Waals surface area contributed by atoms with Crippen molar-refractivity contribution < 1.29 is 0 Å². The third-order valence-corrected chi connectivity index (χ3v) is 13.2. The van der Waals surface area contributed by atoms with E-state index in [0.29, 0.717) is 0 Å². The van der Waals surface area contributed by atoms with Crippen molar-refractivity contribution in [2.24, 2.45) is 0 Å². The summed E-state index contributed by atoms with van der Waals surface area (Å²) >= 11 is 0. The summed E-state index contributed by atoms with van der Waals surface area (Å²) in [6.07, 6.45) is 0. The molecule has 0 fully saturated rings. The average molecular weight is 749 g/mol. The molecule has 0 aromatic heterocycles. The van der Waals surface area contributed by atoms with Crippen molar-refractivity contribution in [2.75, 3.05) is 0 Å². The van der Waals surface area contributed by atoms with Crippen molar-refractivity contribution in [3.05, 3.63) is 217 Å². The van der Waals surface area contributed by atoms with Gasteiger partial charge in [-0.15, -0.1) is 0 Å². The molecule has 0 unspecified atom stereocenters. The second-order valence-electron chi connectivity index (χ2n) is 16.9. The van der Waals surface area contributed by atoms with Gasteiger partial charge in [-0.1, -0.05) is 190 Å². The third kappa shape index (κ3) is 5.23. The summed E-state index contributed by atoms with van der Waals surface area (Å²) in [7, 11) is 0. The largest absolute Gasteiger partial charge is 0.0619 e. The third-order valence-electron chi connectivity index (χ3n) is 13.2. The Morgan fingerprint density at radius 2 is 0.729 bits per heavy atom. The summed E-state index contributed by atoms with van der Waals surface area (Å²) in [6.45, 7) is 4.72. The summed E-state index contributed by atoms with van der Waals surface area (Å²) in [6, 6.07) is 77.2. The topological polar surface area (TPSA) is 0 Å². The van der Waals surface area contributed by atoms with Crippen molar-refractivity contribution in [1.29, 1.82) is 0 Å². The van der Waals surface area contributed by atoms with Gasteiger partial charge in [-0.2, -0.15) is 0 Å². The molecule has 59 heavy (non-hydrogen) atoms.